The van der Waals surface area contributed by atoms with Gasteiger partial charge in [0.25, 0.3) is 0 Å². The van der Waals surface area contributed by atoms with Crippen molar-refractivity contribution in [1.82, 2.24) is 9.55 Å². The summed E-state index contributed by atoms with van der Waals surface area (Å²) in [4.78, 5) is 13.8. The van der Waals surface area contributed by atoms with Crippen LogP contribution < -0.4 is 5.32 Å². The Hall–Kier alpha value is -1.63. The maximum absolute atomic E-state index is 10.7. The highest BCUT2D eigenvalue weighted by atomic mass is 16.6. The van der Waals surface area contributed by atoms with E-state index in [1.54, 1.807) is 7.05 Å². The van der Waals surface area contributed by atoms with Gasteiger partial charge in [0.05, 0.1) is 12.6 Å². The van der Waals surface area contributed by atoms with Crippen molar-refractivity contribution in [3.8, 4) is 0 Å². The van der Waals surface area contributed by atoms with Crippen LogP contribution >= 0.6 is 0 Å². The molecule has 7 nitrogen and oxygen atoms in total. The van der Waals surface area contributed by atoms with Crippen LogP contribution in [0.15, 0.2) is 6.33 Å². The lowest BCUT2D eigenvalue weighted by Gasteiger charge is -2.20. The summed E-state index contributed by atoms with van der Waals surface area (Å²) in [6, 6.07) is -0.228. The molecule has 0 fully saturated rings. The van der Waals surface area contributed by atoms with Gasteiger partial charge < -0.3 is 20.5 Å². The molecule has 0 spiro atoms. The van der Waals surface area contributed by atoms with Gasteiger partial charge in [0, 0.05) is 7.05 Å². The fourth-order valence-electron chi connectivity index (χ4n) is 1.32. The first kappa shape index (κ1) is 12.4. The standard InChI is InChI=1S/C9H16N4O3/c1-6(2)7(4-14)11-9-8(13(15)16)10-5-12(9)3/h5-7,11,14H,4H2,1-3H3. The quantitative estimate of drug-likeness (QED) is 0.573. The zero-order chi connectivity index (χ0) is 12.3. The van der Waals surface area contributed by atoms with Gasteiger partial charge in [-0.15, -0.1) is 0 Å². The van der Waals surface area contributed by atoms with Crippen LogP contribution in [-0.2, 0) is 7.05 Å². The first-order valence-electron chi connectivity index (χ1n) is 5.00. The fourth-order valence-corrected chi connectivity index (χ4v) is 1.32. The van der Waals surface area contributed by atoms with Crippen LogP contribution in [0.2, 0.25) is 0 Å². The summed E-state index contributed by atoms with van der Waals surface area (Å²) in [5.41, 5.74) is 0. The fraction of sp³-hybridized carbons (Fsp3) is 0.667. The Kier molecular flexibility index (Phi) is 3.83. The zero-order valence-corrected chi connectivity index (χ0v) is 9.54. The SMILES string of the molecule is CC(C)C(CO)Nc1c([N+](=O)[O-])ncn1C. The molecule has 0 aromatic carbocycles. The van der Waals surface area contributed by atoms with E-state index in [2.05, 4.69) is 10.3 Å². The summed E-state index contributed by atoms with van der Waals surface area (Å²) >= 11 is 0. The Labute approximate surface area is 93.3 Å². The van der Waals surface area contributed by atoms with E-state index in [-0.39, 0.29) is 24.4 Å². The molecule has 1 aromatic heterocycles. The number of hydrogen-bond acceptors (Lipinski definition) is 5. The molecule has 1 unspecified atom stereocenters. The molecule has 1 heterocycles. The molecule has 0 amide bonds. The summed E-state index contributed by atoms with van der Waals surface area (Å²) in [5, 5.41) is 22.8. The van der Waals surface area contributed by atoms with Gasteiger partial charge >= 0.3 is 5.82 Å². The van der Waals surface area contributed by atoms with Gasteiger partial charge in [-0.3, -0.25) is 4.57 Å². The summed E-state index contributed by atoms with van der Waals surface area (Å²) < 4.78 is 1.53. The van der Waals surface area contributed by atoms with E-state index in [0.29, 0.717) is 5.82 Å². The Morgan fingerprint density at radius 1 is 1.69 bits per heavy atom. The number of aliphatic hydroxyl groups excluding tert-OH is 1. The van der Waals surface area contributed by atoms with Crippen LogP contribution in [0.5, 0.6) is 0 Å². The topological polar surface area (TPSA) is 93.2 Å². The first-order chi connectivity index (χ1) is 7.47. The lowest BCUT2D eigenvalue weighted by Crippen LogP contribution is -2.30. The minimum absolute atomic E-state index is 0.0833. The smallest absolute Gasteiger partial charge is 0.394 e. The molecule has 2 N–H and O–H groups in total. The normalized spacial score (nSPS) is 12.8. The van der Waals surface area contributed by atoms with Crippen molar-refractivity contribution >= 4 is 11.6 Å². The molecule has 1 rings (SSSR count). The maximum atomic E-state index is 10.7. The monoisotopic (exact) mass is 228 g/mol. The Balaban J connectivity index is 2.94. The van der Waals surface area contributed by atoms with Crippen molar-refractivity contribution in [3.63, 3.8) is 0 Å². The average Bonchev–Trinajstić information content (AvgIpc) is 2.56. The van der Waals surface area contributed by atoms with Crippen molar-refractivity contribution in [2.24, 2.45) is 13.0 Å². The zero-order valence-electron chi connectivity index (χ0n) is 9.54. The molecule has 0 aliphatic rings. The second kappa shape index (κ2) is 4.93. The molecule has 1 aromatic rings. The van der Waals surface area contributed by atoms with E-state index in [1.165, 1.54) is 10.9 Å². The molecule has 0 aliphatic heterocycles. The minimum Gasteiger partial charge on any atom is -0.394 e. The molecule has 0 aliphatic carbocycles. The lowest BCUT2D eigenvalue weighted by molar-refractivity contribution is -0.388. The molecule has 1 atom stereocenters. The van der Waals surface area contributed by atoms with Crippen LogP contribution in [-0.4, -0.2) is 32.2 Å². The molecule has 0 radical (unpaired) electrons. The average molecular weight is 228 g/mol. The van der Waals surface area contributed by atoms with Gasteiger partial charge in [0.1, 0.15) is 0 Å². The summed E-state index contributed by atoms with van der Waals surface area (Å²) in [7, 11) is 1.66. The molecular weight excluding hydrogens is 212 g/mol. The molecule has 16 heavy (non-hydrogen) atoms. The molecule has 0 saturated heterocycles. The number of aryl methyl sites for hydroxylation is 1. The van der Waals surface area contributed by atoms with E-state index in [4.69, 9.17) is 5.11 Å². The Bertz CT molecular complexity index is 375. The lowest BCUT2D eigenvalue weighted by atomic mass is 10.1. The predicted molar refractivity (Wildman–Crippen MR) is 59.2 cm³/mol. The van der Waals surface area contributed by atoms with Gasteiger partial charge in [-0.05, 0) is 15.8 Å². The third-order valence-corrected chi connectivity index (χ3v) is 2.41. The van der Waals surface area contributed by atoms with E-state index in [1.807, 2.05) is 13.8 Å². The van der Waals surface area contributed by atoms with Gasteiger partial charge in [0.15, 0.2) is 0 Å². The van der Waals surface area contributed by atoms with Crippen LogP contribution in [0.4, 0.5) is 11.6 Å². The Morgan fingerprint density at radius 2 is 2.31 bits per heavy atom. The molecule has 0 bridgehead atoms. The number of hydrogen-bond donors (Lipinski definition) is 2. The maximum Gasteiger partial charge on any atom is 0.406 e. The highest BCUT2D eigenvalue weighted by molar-refractivity contribution is 5.52. The van der Waals surface area contributed by atoms with Crippen LogP contribution in [0.25, 0.3) is 0 Å². The van der Waals surface area contributed by atoms with Gasteiger partial charge in [0.2, 0.25) is 12.1 Å². The van der Waals surface area contributed by atoms with Crippen LogP contribution in [0.1, 0.15) is 13.8 Å². The van der Waals surface area contributed by atoms with Crippen molar-refractivity contribution in [2.45, 2.75) is 19.9 Å². The molecule has 90 valence electrons. The van der Waals surface area contributed by atoms with E-state index < -0.39 is 4.92 Å². The van der Waals surface area contributed by atoms with Gasteiger partial charge in [-0.25, -0.2) is 0 Å². The first-order valence-corrected chi connectivity index (χ1v) is 5.00. The summed E-state index contributed by atoms with van der Waals surface area (Å²) in [5.74, 6) is 0.263. The van der Waals surface area contributed by atoms with Gasteiger partial charge in [-0.2, -0.15) is 0 Å². The molecule has 0 saturated carbocycles. The van der Waals surface area contributed by atoms with Crippen molar-refractivity contribution in [2.75, 3.05) is 11.9 Å². The van der Waals surface area contributed by atoms with Crippen LogP contribution in [0.3, 0.4) is 0 Å². The molecule has 7 heteroatoms. The number of nitrogens with zero attached hydrogens (tertiary/aromatic N) is 3. The van der Waals surface area contributed by atoms with E-state index >= 15 is 0 Å². The van der Waals surface area contributed by atoms with Crippen molar-refractivity contribution in [3.05, 3.63) is 16.4 Å². The largest absolute Gasteiger partial charge is 0.406 e. The highest BCUT2D eigenvalue weighted by Crippen LogP contribution is 2.23. The predicted octanol–water partition coefficient (Wildman–Crippen LogP) is 0.757. The number of rotatable bonds is 5. The van der Waals surface area contributed by atoms with Crippen molar-refractivity contribution < 1.29 is 10.0 Å². The minimum atomic E-state index is -0.545. The van der Waals surface area contributed by atoms with Crippen molar-refractivity contribution in [1.29, 1.82) is 0 Å². The second-order valence-corrected chi connectivity index (χ2v) is 3.96. The van der Waals surface area contributed by atoms with E-state index in [9.17, 15) is 10.1 Å². The molecular formula is C9H16N4O3. The third-order valence-electron chi connectivity index (χ3n) is 2.41. The Morgan fingerprint density at radius 3 is 2.75 bits per heavy atom. The summed E-state index contributed by atoms with van der Waals surface area (Å²) in [6.07, 6.45) is 1.37. The number of nitrogens with one attached hydrogen (secondary N) is 1. The third kappa shape index (κ3) is 2.48. The number of aromatic nitrogens is 2. The van der Waals surface area contributed by atoms with Gasteiger partial charge in [-0.1, -0.05) is 13.8 Å². The number of imidazole rings is 1. The second-order valence-electron chi connectivity index (χ2n) is 3.96. The summed E-state index contributed by atoms with van der Waals surface area (Å²) in [6.45, 7) is 3.77. The van der Waals surface area contributed by atoms with Crippen LogP contribution in [0, 0.1) is 16.0 Å². The van der Waals surface area contributed by atoms with E-state index in [0.717, 1.165) is 0 Å². The highest BCUT2D eigenvalue weighted by Gasteiger charge is 2.23. The number of anilines is 1. The number of nitro groups is 1. The number of aliphatic hydroxyl groups is 1.